The summed E-state index contributed by atoms with van der Waals surface area (Å²) >= 11 is 0. The van der Waals surface area contributed by atoms with Gasteiger partial charge in [0.25, 0.3) is 0 Å². The molecule has 4 nitrogen and oxygen atoms in total. The van der Waals surface area contributed by atoms with Crippen molar-refractivity contribution in [3.05, 3.63) is 17.5 Å². The molecule has 0 spiro atoms. The summed E-state index contributed by atoms with van der Waals surface area (Å²) in [5.41, 5.74) is 2.60. The molecule has 0 bridgehead atoms. The maximum atomic E-state index is 4.66. The summed E-state index contributed by atoms with van der Waals surface area (Å²) in [5.74, 6) is 0. The van der Waals surface area contributed by atoms with Crippen LogP contribution in [0.15, 0.2) is 6.07 Å². The van der Waals surface area contributed by atoms with Crippen LogP contribution in [-0.4, -0.2) is 47.4 Å². The SMILES string of the molecule is CCc1cc(CC)n(CCN2CCNCC2)n1. The third-order valence-corrected chi connectivity index (χ3v) is 3.48. The minimum atomic E-state index is 1.03. The molecule has 0 aromatic carbocycles. The molecule has 1 aliphatic heterocycles. The van der Waals surface area contributed by atoms with E-state index in [0.29, 0.717) is 0 Å². The van der Waals surface area contributed by atoms with Crippen LogP contribution >= 0.6 is 0 Å². The van der Waals surface area contributed by atoms with Gasteiger partial charge in [0.05, 0.1) is 12.2 Å². The highest BCUT2D eigenvalue weighted by molar-refractivity contribution is 5.10. The highest BCUT2D eigenvalue weighted by Crippen LogP contribution is 2.06. The Hall–Kier alpha value is -0.870. The average molecular weight is 236 g/mol. The van der Waals surface area contributed by atoms with Crippen LogP contribution in [0.2, 0.25) is 0 Å². The zero-order chi connectivity index (χ0) is 12.1. The van der Waals surface area contributed by atoms with E-state index in [4.69, 9.17) is 0 Å². The molecule has 1 fully saturated rings. The van der Waals surface area contributed by atoms with Crippen molar-refractivity contribution in [2.75, 3.05) is 32.7 Å². The van der Waals surface area contributed by atoms with Crippen molar-refractivity contribution in [1.29, 1.82) is 0 Å². The molecule has 1 aromatic rings. The molecule has 2 rings (SSSR count). The van der Waals surface area contributed by atoms with Gasteiger partial charge in [-0.15, -0.1) is 0 Å². The zero-order valence-electron chi connectivity index (χ0n) is 11.1. The fourth-order valence-electron chi connectivity index (χ4n) is 2.34. The van der Waals surface area contributed by atoms with Gasteiger partial charge in [-0.3, -0.25) is 9.58 Å². The molecule has 0 saturated carbocycles. The molecule has 0 aliphatic carbocycles. The number of aryl methyl sites for hydroxylation is 2. The molecule has 1 aromatic heterocycles. The lowest BCUT2D eigenvalue weighted by Gasteiger charge is -2.27. The van der Waals surface area contributed by atoms with Gasteiger partial charge in [-0.05, 0) is 18.9 Å². The predicted octanol–water partition coefficient (Wildman–Crippen LogP) is 0.913. The zero-order valence-corrected chi connectivity index (χ0v) is 11.1. The van der Waals surface area contributed by atoms with Crippen molar-refractivity contribution < 1.29 is 0 Å². The fraction of sp³-hybridized carbons (Fsp3) is 0.769. The van der Waals surface area contributed by atoms with Gasteiger partial charge in [-0.25, -0.2) is 0 Å². The quantitative estimate of drug-likeness (QED) is 0.825. The van der Waals surface area contributed by atoms with Gasteiger partial charge in [0.15, 0.2) is 0 Å². The first-order chi connectivity index (χ1) is 8.33. The van der Waals surface area contributed by atoms with Crippen molar-refractivity contribution in [2.24, 2.45) is 0 Å². The topological polar surface area (TPSA) is 33.1 Å². The largest absolute Gasteiger partial charge is 0.314 e. The third-order valence-electron chi connectivity index (χ3n) is 3.48. The summed E-state index contributed by atoms with van der Waals surface area (Å²) in [7, 11) is 0. The molecule has 1 N–H and O–H groups in total. The lowest BCUT2D eigenvalue weighted by molar-refractivity contribution is 0.228. The molecular weight excluding hydrogens is 212 g/mol. The molecule has 0 unspecified atom stereocenters. The lowest BCUT2D eigenvalue weighted by Crippen LogP contribution is -2.44. The van der Waals surface area contributed by atoms with Gasteiger partial charge in [0.1, 0.15) is 0 Å². The summed E-state index contributed by atoms with van der Waals surface area (Å²) in [5, 5.41) is 8.04. The van der Waals surface area contributed by atoms with Crippen LogP contribution in [0.1, 0.15) is 25.2 Å². The molecule has 17 heavy (non-hydrogen) atoms. The maximum Gasteiger partial charge on any atom is 0.0624 e. The van der Waals surface area contributed by atoms with E-state index in [-0.39, 0.29) is 0 Å². The van der Waals surface area contributed by atoms with E-state index in [2.05, 4.69) is 39.9 Å². The van der Waals surface area contributed by atoms with E-state index in [9.17, 15) is 0 Å². The van der Waals surface area contributed by atoms with Gasteiger partial charge in [-0.1, -0.05) is 13.8 Å². The number of piperazine rings is 1. The van der Waals surface area contributed by atoms with E-state index in [0.717, 1.165) is 39.0 Å². The Bertz CT molecular complexity index is 339. The van der Waals surface area contributed by atoms with Crippen LogP contribution in [0.25, 0.3) is 0 Å². The van der Waals surface area contributed by atoms with E-state index in [1.54, 1.807) is 0 Å². The smallest absolute Gasteiger partial charge is 0.0624 e. The standard InChI is InChI=1S/C13H24N4/c1-3-12-11-13(4-2)17(15-12)10-9-16-7-5-14-6-8-16/h11,14H,3-10H2,1-2H3. The van der Waals surface area contributed by atoms with Crippen LogP contribution in [0, 0.1) is 0 Å². The third kappa shape index (κ3) is 3.30. The minimum Gasteiger partial charge on any atom is -0.314 e. The molecule has 0 radical (unpaired) electrons. The fourth-order valence-corrected chi connectivity index (χ4v) is 2.34. The Balaban J connectivity index is 1.90. The molecule has 1 aliphatic rings. The Morgan fingerprint density at radius 2 is 1.94 bits per heavy atom. The van der Waals surface area contributed by atoms with Crippen LogP contribution in [0.4, 0.5) is 0 Å². The highest BCUT2D eigenvalue weighted by atomic mass is 15.3. The average Bonchev–Trinajstić information content (AvgIpc) is 2.80. The summed E-state index contributed by atoms with van der Waals surface area (Å²) in [6.45, 7) is 11.1. The second kappa shape index (κ2) is 6.17. The van der Waals surface area contributed by atoms with E-state index >= 15 is 0 Å². The van der Waals surface area contributed by atoms with Gasteiger partial charge < -0.3 is 5.32 Å². The van der Waals surface area contributed by atoms with Gasteiger partial charge >= 0.3 is 0 Å². The first-order valence-corrected chi connectivity index (χ1v) is 6.82. The van der Waals surface area contributed by atoms with Crippen molar-refractivity contribution >= 4 is 0 Å². The van der Waals surface area contributed by atoms with Gasteiger partial charge in [0, 0.05) is 38.4 Å². The number of hydrogen-bond acceptors (Lipinski definition) is 3. The van der Waals surface area contributed by atoms with Crippen LogP contribution in [-0.2, 0) is 19.4 Å². The number of aromatic nitrogens is 2. The Labute approximate surface area is 104 Å². The molecule has 96 valence electrons. The van der Waals surface area contributed by atoms with Gasteiger partial charge in [0.2, 0.25) is 0 Å². The number of nitrogens with one attached hydrogen (secondary N) is 1. The molecule has 2 heterocycles. The van der Waals surface area contributed by atoms with Gasteiger partial charge in [-0.2, -0.15) is 5.10 Å². The lowest BCUT2D eigenvalue weighted by atomic mass is 10.2. The monoisotopic (exact) mass is 236 g/mol. The van der Waals surface area contributed by atoms with Crippen molar-refractivity contribution in [3.63, 3.8) is 0 Å². The number of nitrogens with zero attached hydrogens (tertiary/aromatic N) is 3. The van der Waals surface area contributed by atoms with Crippen molar-refractivity contribution in [1.82, 2.24) is 20.0 Å². The second-order valence-corrected chi connectivity index (χ2v) is 4.65. The molecule has 0 atom stereocenters. The van der Waals surface area contributed by atoms with E-state index in [1.807, 2.05) is 0 Å². The molecule has 0 amide bonds. The summed E-state index contributed by atoms with van der Waals surface area (Å²) in [6.07, 6.45) is 2.11. The summed E-state index contributed by atoms with van der Waals surface area (Å²) < 4.78 is 2.20. The predicted molar refractivity (Wildman–Crippen MR) is 70.3 cm³/mol. The Morgan fingerprint density at radius 3 is 2.59 bits per heavy atom. The summed E-state index contributed by atoms with van der Waals surface area (Å²) in [4.78, 5) is 2.52. The van der Waals surface area contributed by atoms with Crippen molar-refractivity contribution in [3.8, 4) is 0 Å². The first kappa shape index (κ1) is 12.6. The molecular formula is C13H24N4. The van der Waals surface area contributed by atoms with Crippen LogP contribution < -0.4 is 5.32 Å². The van der Waals surface area contributed by atoms with Crippen LogP contribution in [0.3, 0.4) is 0 Å². The summed E-state index contributed by atoms with van der Waals surface area (Å²) in [6, 6.07) is 2.25. The first-order valence-electron chi connectivity index (χ1n) is 6.82. The minimum absolute atomic E-state index is 1.03. The maximum absolute atomic E-state index is 4.66. The normalized spacial score (nSPS) is 17.5. The highest BCUT2D eigenvalue weighted by Gasteiger charge is 2.11. The number of hydrogen-bond donors (Lipinski definition) is 1. The second-order valence-electron chi connectivity index (χ2n) is 4.65. The van der Waals surface area contributed by atoms with E-state index < -0.39 is 0 Å². The van der Waals surface area contributed by atoms with Crippen LogP contribution in [0.5, 0.6) is 0 Å². The number of rotatable bonds is 5. The Kier molecular flexibility index (Phi) is 4.57. The van der Waals surface area contributed by atoms with E-state index in [1.165, 1.54) is 24.5 Å². The Morgan fingerprint density at radius 1 is 1.18 bits per heavy atom. The molecule has 1 saturated heterocycles. The van der Waals surface area contributed by atoms with Crippen molar-refractivity contribution in [2.45, 2.75) is 33.2 Å². The molecule has 4 heteroatoms.